The average molecular weight is 219 g/mol. The summed E-state index contributed by atoms with van der Waals surface area (Å²) >= 11 is 0. The summed E-state index contributed by atoms with van der Waals surface area (Å²) in [6.07, 6.45) is 7.16. The Kier molecular flexibility index (Phi) is 5.37. The molecule has 0 saturated heterocycles. The highest BCUT2D eigenvalue weighted by atomic mass is 14.6. The first-order chi connectivity index (χ1) is 7.74. The molecule has 1 aromatic carbocycles. The molecule has 1 rings (SSSR count). The van der Waals surface area contributed by atoms with Crippen LogP contribution in [0.3, 0.4) is 0 Å². The Morgan fingerprint density at radius 1 is 0.938 bits per heavy atom. The van der Waals surface area contributed by atoms with Crippen molar-refractivity contribution in [2.45, 2.75) is 59.3 Å². The van der Waals surface area contributed by atoms with Crippen molar-refractivity contribution in [3.05, 3.63) is 28.8 Å². The molecule has 0 aliphatic carbocycles. The van der Waals surface area contributed by atoms with Gasteiger partial charge in [-0.25, -0.2) is 0 Å². The first kappa shape index (κ1) is 13.1. The molecule has 0 atom stereocenters. The van der Waals surface area contributed by atoms with E-state index in [0.29, 0.717) is 0 Å². The van der Waals surface area contributed by atoms with Crippen LogP contribution in [0.4, 0.5) is 5.69 Å². The molecule has 0 radical (unpaired) electrons. The second kappa shape index (κ2) is 6.57. The lowest BCUT2D eigenvalue weighted by atomic mass is 9.94. The monoisotopic (exact) mass is 219 g/mol. The van der Waals surface area contributed by atoms with Gasteiger partial charge in [-0.05, 0) is 42.4 Å². The van der Waals surface area contributed by atoms with Gasteiger partial charge in [0, 0.05) is 5.69 Å². The Bertz CT molecular complexity index is 328. The van der Waals surface area contributed by atoms with Gasteiger partial charge >= 0.3 is 0 Å². The molecule has 1 heteroatoms. The second-order valence-corrected chi connectivity index (χ2v) is 4.44. The molecule has 0 fully saturated rings. The number of hydrogen-bond acceptors (Lipinski definition) is 1. The fraction of sp³-hybridized carbons (Fsp3) is 0.600. The molecule has 1 aromatic rings. The lowest BCUT2D eigenvalue weighted by Crippen LogP contribution is -2.03. The summed E-state index contributed by atoms with van der Waals surface area (Å²) in [7, 11) is 0. The van der Waals surface area contributed by atoms with Gasteiger partial charge in [-0.3, -0.25) is 0 Å². The van der Waals surface area contributed by atoms with Gasteiger partial charge in [0.1, 0.15) is 0 Å². The van der Waals surface area contributed by atoms with Crippen LogP contribution >= 0.6 is 0 Å². The van der Waals surface area contributed by atoms with Gasteiger partial charge in [0.15, 0.2) is 0 Å². The van der Waals surface area contributed by atoms with Gasteiger partial charge in [-0.1, -0.05) is 45.7 Å². The smallest absolute Gasteiger partial charge is 0.0381 e. The van der Waals surface area contributed by atoms with Gasteiger partial charge in [-0.2, -0.15) is 0 Å². The minimum Gasteiger partial charge on any atom is -0.398 e. The fourth-order valence-electron chi connectivity index (χ4n) is 2.28. The molecular formula is C15H25N. The number of hydrogen-bond donors (Lipinski definition) is 1. The van der Waals surface area contributed by atoms with E-state index in [1.807, 2.05) is 0 Å². The summed E-state index contributed by atoms with van der Waals surface area (Å²) in [5.41, 5.74) is 11.4. The normalized spacial score (nSPS) is 10.7. The number of rotatable bonds is 6. The van der Waals surface area contributed by atoms with E-state index in [0.717, 1.165) is 18.5 Å². The molecule has 0 aliphatic rings. The zero-order chi connectivity index (χ0) is 12.0. The van der Waals surface area contributed by atoms with Crippen molar-refractivity contribution in [3.8, 4) is 0 Å². The molecule has 90 valence electrons. The number of nitrogen functional groups attached to an aromatic ring is 1. The molecule has 0 amide bonds. The predicted molar refractivity (Wildman–Crippen MR) is 72.8 cm³/mol. The van der Waals surface area contributed by atoms with Gasteiger partial charge in [-0.15, -0.1) is 0 Å². The minimum absolute atomic E-state index is 1.04. The molecule has 0 spiro atoms. The summed E-state index contributed by atoms with van der Waals surface area (Å²) in [6.45, 7) is 6.62. The Labute approximate surface area is 100 Å². The van der Waals surface area contributed by atoms with Gasteiger partial charge in [0.2, 0.25) is 0 Å². The summed E-state index contributed by atoms with van der Waals surface area (Å²) < 4.78 is 0. The van der Waals surface area contributed by atoms with E-state index in [2.05, 4.69) is 32.9 Å². The maximum absolute atomic E-state index is 6.21. The molecule has 0 heterocycles. The highest BCUT2D eigenvalue weighted by molar-refractivity contribution is 5.57. The number of benzene rings is 1. The number of nitrogens with two attached hydrogens (primary N) is 1. The first-order valence-electron chi connectivity index (χ1n) is 6.63. The van der Waals surface area contributed by atoms with E-state index in [1.165, 1.54) is 42.4 Å². The van der Waals surface area contributed by atoms with Crippen LogP contribution in [0.2, 0.25) is 0 Å². The first-order valence-corrected chi connectivity index (χ1v) is 6.63. The van der Waals surface area contributed by atoms with Crippen LogP contribution in [0.25, 0.3) is 0 Å². The zero-order valence-electron chi connectivity index (χ0n) is 11.0. The molecular weight excluding hydrogens is 194 g/mol. The Morgan fingerprint density at radius 3 is 2.19 bits per heavy atom. The van der Waals surface area contributed by atoms with Crippen molar-refractivity contribution < 1.29 is 0 Å². The van der Waals surface area contributed by atoms with Gasteiger partial charge < -0.3 is 5.73 Å². The van der Waals surface area contributed by atoms with Crippen LogP contribution in [0, 0.1) is 0 Å². The van der Waals surface area contributed by atoms with Crippen LogP contribution < -0.4 is 5.73 Å². The van der Waals surface area contributed by atoms with E-state index in [9.17, 15) is 0 Å². The van der Waals surface area contributed by atoms with Gasteiger partial charge in [0.05, 0.1) is 0 Å². The highest BCUT2D eigenvalue weighted by Gasteiger charge is 2.07. The molecule has 0 aromatic heterocycles. The van der Waals surface area contributed by atoms with E-state index >= 15 is 0 Å². The van der Waals surface area contributed by atoms with Crippen molar-refractivity contribution in [2.75, 3.05) is 5.73 Å². The minimum atomic E-state index is 1.04. The Hall–Kier alpha value is -0.980. The molecule has 1 nitrogen and oxygen atoms in total. The van der Waals surface area contributed by atoms with Crippen molar-refractivity contribution in [1.29, 1.82) is 0 Å². The standard InChI is InChI=1S/C15H25N/c1-4-7-8-9-13-11-10-12(5-2)15(16)14(13)6-3/h10-11H,4-9,16H2,1-3H3. The van der Waals surface area contributed by atoms with Crippen LogP contribution in [-0.2, 0) is 19.3 Å². The van der Waals surface area contributed by atoms with E-state index in [4.69, 9.17) is 5.73 Å². The van der Waals surface area contributed by atoms with Crippen LogP contribution in [0.15, 0.2) is 12.1 Å². The largest absolute Gasteiger partial charge is 0.398 e. The van der Waals surface area contributed by atoms with E-state index in [-0.39, 0.29) is 0 Å². The number of anilines is 1. The van der Waals surface area contributed by atoms with Gasteiger partial charge in [0.25, 0.3) is 0 Å². The van der Waals surface area contributed by atoms with E-state index < -0.39 is 0 Å². The maximum atomic E-state index is 6.21. The van der Waals surface area contributed by atoms with Crippen LogP contribution in [0.1, 0.15) is 56.7 Å². The fourth-order valence-corrected chi connectivity index (χ4v) is 2.28. The van der Waals surface area contributed by atoms with Crippen molar-refractivity contribution in [3.63, 3.8) is 0 Å². The van der Waals surface area contributed by atoms with E-state index in [1.54, 1.807) is 0 Å². The lowest BCUT2D eigenvalue weighted by Gasteiger charge is -2.14. The Balaban J connectivity index is 2.88. The quantitative estimate of drug-likeness (QED) is 0.565. The molecule has 0 unspecified atom stereocenters. The summed E-state index contributed by atoms with van der Waals surface area (Å²) in [4.78, 5) is 0. The average Bonchev–Trinajstić information content (AvgIpc) is 2.30. The second-order valence-electron chi connectivity index (χ2n) is 4.44. The molecule has 2 N–H and O–H groups in total. The van der Waals surface area contributed by atoms with Crippen molar-refractivity contribution in [1.82, 2.24) is 0 Å². The molecule has 0 aliphatic heterocycles. The lowest BCUT2D eigenvalue weighted by molar-refractivity contribution is 0.713. The predicted octanol–water partition coefficient (Wildman–Crippen LogP) is 4.13. The van der Waals surface area contributed by atoms with Crippen LogP contribution in [0.5, 0.6) is 0 Å². The maximum Gasteiger partial charge on any atom is 0.0381 e. The SMILES string of the molecule is CCCCCc1ccc(CC)c(N)c1CC. The third-order valence-electron chi connectivity index (χ3n) is 3.33. The third-order valence-corrected chi connectivity index (χ3v) is 3.33. The summed E-state index contributed by atoms with van der Waals surface area (Å²) in [6, 6.07) is 4.49. The summed E-state index contributed by atoms with van der Waals surface area (Å²) in [5, 5.41) is 0. The third kappa shape index (κ3) is 3.01. The highest BCUT2D eigenvalue weighted by Crippen LogP contribution is 2.24. The molecule has 0 saturated carbocycles. The molecule has 0 bridgehead atoms. The molecule has 16 heavy (non-hydrogen) atoms. The van der Waals surface area contributed by atoms with Crippen molar-refractivity contribution >= 4 is 5.69 Å². The number of unbranched alkanes of at least 4 members (excludes halogenated alkanes) is 2. The zero-order valence-corrected chi connectivity index (χ0v) is 11.0. The topological polar surface area (TPSA) is 26.0 Å². The van der Waals surface area contributed by atoms with Crippen LogP contribution in [-0.4, -0.2) is 0 Å². The van der Waals surface area contributed by atoms with Crippen molar-refractivity contribution in [2.24, 2.45) is 0 Å². The Morgan fingerprint density at radius 2 is 1.62 bits per heavy atom. The summed E-state index contributed by atoms with van der Waals surface area (Å²) in [5.74, 6) is 0. The number of aryl methyl sites for hydroxylation is 2.